The van der Waals surface area contributed by atoms with Crippen molar-refractivity contribution in [2.45, 2.75) is 33.6 Å². The van der Waals surface area contributed by atoms with Crippen LogP contribution < -0.4 is 5.32 Å². The van der Waals surface area contributed by atoms with E-state index in [0.29, 0.717) is 5.41 Å². The third-order valence-electron chi connectivity index (χ3n) is 2.41. The van der Waals surface area contributed by atoms with Gasteiger partial charge in [-0.1, -0.05) is 32.9 Å². The first-order valence-corrected chi connectivity index (χ1v) is 5.28. The van der Waals surface area contributed by atoms with Gasteiger partial charge in [-0.2, -0.15) is 0 Å². The fourth-order valence-electron chi connectivity index (χ4n) is 1.36. The molecule has 1 N–H and O–H groups in total. The maximum absolute atomic E-state index is 3.13. The van der Waals surface area contributed by atoms with Gasteiger partial charge >= 0.3 is 0 Å². The van der Waals surface area contributed by atoms with Crippen LogP contribution in [0.5, 0.6) is 0 Å². The lowest BCUT2D eigenvalue weighted by Gasteiger charge is -2.17. The van der Waals surface area contributed by atoms with Gasteiger partial charge in [0.2, 0.25) is 0 Å². The molecule has 0 atom stereocenters. The number of hydrogen-bond donors (Lipinski definition) is 1. The second kappa shape index (κ2) is 4.50. The highest BCUT2D eigenvalue weighted by Gasteiger charge is 2.09. The highest BCUT2D eigenvalue weighted by Crippen LogP contribution is 2.21. The van der Waals surface area contributed by atoms with Gasteiger partial charge < -0.3 is 5.32 Å². The predicted octanol–water partition coefficient (Wildman–Crippen LogP) is 3.71. The van der Waals surface area contributed by atoms with Crippen molar-refractivity contribution in [3.63, 3.8) is 0 Å². The highest BCUT2D eigenvalue weighted by molar-refractivity contribution is 5.43. The number of aryl methyl sites for hydroxylation is 1. The number of hydrogen-bond acceptors (Lipinski definition) is 1. The van der Waals surface area contributed by atoms with Gasteiger partial charge in [-0.15, -0.1) is 0 Å². The Morgan fingerprint density at radius 3 is 2.07 bits per heavy atom. The highest BCUT2D eigenvalue weighted by atomic mass is 14.8. The molecule has 78 valence electrons. The molecule has 0 unspecified atom stereocenters. The standard InChI is InChI=1S/C13H21N/c1-13(2,3)10-9-11-5-7-12(14-4)8-6-11/h5-8,14H,9-10H2,1-4H3. The molecule has 0 radical (unpaired) electrons. The van der Waals surface area contributed by atoms with Crippen LogP contribution in [0.1, 0.15) is 32.8 Å². The molecule has 1 rings (SSSR count). The van der Waals surface area contributed by atoms with E-state index in [1.807, 2.05) is 7.05 Å². The Balaban J connectivity index is 2.52. The monoisotopic (exact) mass is 191 g/mol. The first kappa shape index (κ1) is 11.1. The molecule has 0 saturated heterocycles. The fourth-order valence-corrected chi connectivity index (χ4v) is 1.36. The minimum Gasteiger partial charge on any atom is -0.388 e. The van der Waals surface area contributed by atoms with Crippen LogP contribution >= 0.6 is 0 Å². The lowest BCUT2D eigenvalue weighted by molar-refractivity contribution is 0.378. The van der Waals surface area contributed by atoms with E-state index >= 15 is 0 Å². The van der Waals surface area contributed by atoms with Gasteiger partial charge in [-0.3, -0.25) is 0 Å². The molecule has 0 amide bonds. The number of rotatable bonds is 3. The molecule has 14 heavy (non-hydrogen) atoms. The molecule has 1 nitrogen and oxygen atoms in total. The van der Waals surface area contributed by atoms with Gasteiger partial charge in [0.05, 0.1) is 0 Å². The summed E-state index contributed by atoms with van der Waals surface area (Å²) in [5.41, 5.74) is 3.05. The SMILES string of the molecule is CNc1ccc(CCC(C)(C)C)cc1. The second-order valence-corrected chi connectivity index (χ2v) is 5.01. The van der Waals surface area contributed by atoms with Crippen LogP contribution in [-0.4, -0.2) is 7.05 Å². The Hall–Kier alpha value is -0.980. The Bertz CT molecular complexity index is 266. The summed E-state index contributed by atoms with van der Waals surface area (Å²) in [7, 11) is 1.95. The van der Waals surface area contributed by atoms with Crippen molar-refractivity contribution < 1.29 is 0 Å². The van der Waals surface area contributed by atoms with Gasteiger partial charge in [0, 0.05) is 12.7 Å². The van der Waals surface area contributed by atoms with Crippen molar-refractivity contribution in [3.05, 3.63) is 29.8 Å². The molecule has 0 fully saturated rings. The largest absolute Gasteiger partial charge is 0.388 e. The quantitative estimate of drug-likeness (QED) is 0.768. The number of benzene rings is 1. The van der Waals surface area contributed by atoms with Gasteiger partial charge in [0.25, 0.3) is 0 Å². The maximum Gasteiger partial charge on any atom is 0.0337 e. The predicted molar refractivity (Wildman–Crippen MR) is 63.8 cm³/mol. The van der Waals surface area contributed by atoms with E-state index in [4.69, 9.17) is 0 Å². The Morgan fingerprint density at radius 1 is 1.07 bits per heavy atom. The van der Waals surface area contributed by atoms with Gasteiger partial charge in [-0.05, 0) is 36.0 Å². The fraction of sp³-hybridized carbons (Fsp3) is 0.538. The number of nitrogens with one attached hydrogen (secondary N) is 1. The molecule has 0 aromatic heterocycles. The maximum atomic E-state index is 3.13. The summed E-state index contributed by atoms with van der Waals surface area (Å²) in [6.45, 7) is 6.86. The molecule has 1 aromatic rings. The summed E-state index contributed by atoms with van der Waals surface area (Å²) in [4.78, 5) is 0. The van der Waals surface area contributed by atoms with Crippen LogP contribution in [0.25, 0.3) is 0 Å². The van der Waals surface area contributed by atoms with E-state index in [9.17, 15) is 0 Å². The summed E-state index contributed by atoms with van der Waals surface area (Å²) in [5.74, 6) is 0. The zero-order chi connectivity index (χ0) is 10.6. The first-order chi connectivity index (χ1) is 6.51. The molecule has 0 saturated carbocycles. The van der Waals surface area contributed by atoms with Crippen molar-refractivity contribution in [1.29, 1.82) is 0 Å². The van der Waals surface area contributed by atoms with E-state index in [1.165, 1.54) is 24.1 Å². The zero-order valence-electron chi connectivity index (χ0n) is 9.72. The lowest BCUT2D eigenvalue weighted by Crippen LogP contribution is -2.06. The lowest BCUT2D eigenvalue weighted by atomic mass is 9.89. The number of anilines is 1. The minimum atomic E-state index is 0.432. The van der Waals surface area contributed by atoms with Gasteiger partial charge in [0.15, 0.2) is 0 Å². The van der Waals surface area contributed by atoms with Crippen LogP contribution in [0.15, 0.2) is 24.3 Å². The smallest absolute Gasteiger partial charge is 0.0337 e. The van der Waals surface area contributed by atoms with Crippen molar-refractivity contribution in [1.82, 2.24) is 0 Å². The molecule has 0 bridgehead atoms. The average molecular weight is 191 g/mol. The normalized spacial score (nSPS) is 11.4. The summed E-state index contributed by atoms with van der Waals surface area (Å²) >= 11 is 0. The second-order valence-electron chi connectivity index (χ2n) is 5.01. The van der Waals surface area contributed by atoms with Crippen LogP contribution in [0.2, 0.25) is 0 Å². The molecule has 0 aliphatic rings. The van der Waals surface area contributed by atoms with Crippen LogP contribution in [-0.2, 0) is 6.42 Å². The van der Waals surface area contributed by atoms with E-state index < -0.39 is 0 Å². The third-order valence-corrected chi connectivity index (χ3v) is 2.41. The molecule has 1 aromatic carbocycles. The summed E-state index contributed by atoms with van der Waals surface area (Å²) in [6, 6.07) is 8.69. The molecule has 0 aliphatic carbocycles. The minimum absolute atomic E-state index is 0.432. The van der Waals surface area contributed by atoms with Crippen molar-refractivity contribution in [3.8, 4) is 0 Å². The molecular formula is C13H21N. The topological polar surface area (TPSA) is 12.0 Å². The van der Waals surface area contributed by atoms with Crippen LogP contribution in [0, 0.1) is 5.41 Å². The van der Waals surface area contributed by atoms with E-state index in [-0.39, 0.29) is 0 Å². The Labute approximate surface area is 87.5 Å². The van der Waals surface area contributed by atoms with E-state index in [1.54, 1.807) is 0 Å². The van der Waals surface area contributed by atoms with E-state index in [2.05, 4.69) is 50.4 Å². The molecule has 1 heteroatoms. The van der Waals surface area contributed by atoms with Gasteiger partial charge in [0.1, 0.15) is 0 Å². The molecular weight excluding hydrogens is 170 g/mol. The summed E-state index contributed by atoms with van der Waals surface area (Å²) < 4.78 is 0. The zero-order valence-corrected chi connectivity index (χ0v) is 9.72. The van der Waals surface area contributed by atoms with Crippen molar-refractivity contribution in [2.24, 2.45) is 5.41 Å². The van der Waals surface area contributed by atoms with Crippen molar-refractivity contribution in [2.75, 3.05) is 12.4 Å². The average Bonchev–Trinajstić information content (AvgIpc) is 2.14. The summed E-state index contributed by atoms with van der Waals surface area (Å²) in [5, 5.41) is 3.13. The van der Waals surface area contributed by atoms with Crippen molar-refractivity contribution >= 4 is 5.69 Å². The first-order valence-electron chi connectivity index (χ1n) is 5.28. The molecule has 0 aliphatic heterocycles. The van der Waals surface area contributed by atoms with Crippen LogP contribution in [0.3, 0.4) is 0 Å². The van der Waals surface area contributed by atoms with E-state index in [0.717, 1.165) is 0 Å². The third kappa shape index (κ3) is 3.82. The van der Waals surface area contributed by atoms with Crippen LogP contribution in [0.4, 0.5) is 5.69 Å². The Morgan fingerprint density at radius 2 is 1.64 bits per heavy atom. The Kier molecular flexibility index (Phi) is 3.56. The van der Waals surface area contributed by atoms with Gasteiger partial charge in [-0.25, -0.2) is 0 Å². The molecule has 0 spiro atoms. The molecule has 0 heterocycles. The summed E-state index contributed by atoms with van der Waals surface area (Å²) in [6.07, 6.45) is 2.42.